The number of aromatic amines is 1. The van der Waals surface area contributed by atoms with Crippen LogP contribution in [-0.4, -0.2) is 85.6 Å². The number of carbonyl (C=O) groups is 1. The van der Waals surface area contributed by atoms with Crippen molar-refractivity contribution in [3.63, 3.8) is 0 Å². The molecule has 36 heavy (non-hydrogen) atoms. The van der Waals surface area contributed by atoms with Crippen molar-refractivity contribution in [2.24, 2.45) is 0 Å². The second-order valence-corrected chi connectivity index (χ2v) is 10.9. The summed E-state index contributed by atoms with van der Waals surface area (Å²) in [6, 6.07) is 4.14. The molecule has 2 atom stereocenters. The van der Waals surface area contributed by atoms with Crippen molar-refractivity contribution in [2.45, 2.75) is 63.1 Å². The lowest BCUT2D eigenvalue weighted by Gasteiger charge is -2.31. The molecule has 3 aromatic heterocycles. The van der Waals surface area contributed by atoms with Crippen LogP contribution >= 0.6 is 0 Å². The summed E-state index contributed by atoms with van der Waals surface area (Å²) >= 11 is 0. The number of piperazine rings is 1. The number of alkyl carbamates (subject to hydrolysis) is 1. The van der Waals surface area contributed by atoms with Crippen molar-refractivity contribution in [2.75, 3.05) is 38.5 Å². The number of hydrogen-bond acceptors (Lipinski definition) is 8. The zero-order chi connectivity index (χ0) is 24.7. The summed E-state index contributed by atoms with van der Waals surface area (Å²) in [6.45, 7) is 7.18. The topological polar surface area (TPSA) is 116 Å². The second kappa shape index (κ2) is 9.36. The van der Waals surface area contributed by atoms with Crippen LogP contribution in [0.15, 0.2) is 24.5 Å². The molecule has 0 bridgehead atoms. The third-order valence-electron chi connectivity index (χ3n) is 7.77. The van der Waals surface area contributed by atoms with Gasteiger partial charge >= 0.3 is 6.09 Å². The van der Waals surface area contributed by atoms with E-state index in [0.717, 1.165) is 93.4 Å². The van der Waals surface area contributed by atoms with E-state index >= 15 is 0 Å². The Kier molecular flexibility index (Phi) is 6.04. The van der Waals surface area contributed by atoms with Gasteiger partial charge in [0.1, 0.15) is 11.6 Å². The molecule has 11 heteroatoms. The summed E-state index contributed by atoms with van der Waals surface area (Å²) in [5.41, 5.74) is 2.96. The highest BCUT2D eigenvalue weighted by Crippen LogP contribution is 2.37. The molecule has 3 N–H and O–H groups in total. The predicted molar refractivity (Wildman–Crippen MR) is 135 cm³/mol. The Hall–Kier alpha value is -3.18. The minimum atomic E-state index is -0.292. The molecule has 3 fully saturated rings. The number of amides is 1. The lowest BCUT2D eigenvalue weighted by molar-refractivity contribution is 0.0967. The van der Waals surface area contributed by atoms with Crippen LogP contribution in [-0.2, 0) is 11.3 Å². The van der Waals surface area contributed by atoms with Crippen LogP contribution in [0.1, 0.15) is 56.3 Å². The summed E-state index contributed by atoms with van der Waals surface area (Å²) in [5, 5.41) is 18.7. The lowest BCUT2D eigenvalue weighted by Crippen LogP contribution is -2.43. The number of carbonyl (C=O) groups excluding carboxylic acids is 1. The molecular formula is C25H35N9O2. The molecule has 0 unspecified atom stereocenters. The van der Waals surface area contributed by atoms with E-state index in [1.54, 1.807) is 6.20 Å². The maximum absolute atomic E-state index is 12.2. The summed E-state index contributed by atoms with van der Waals surface area (Å²) in [6.07, 6.45) is 7.96. The van der Waals surface area contributed by atoms with Gasteiger partial charge in [-0.1, -0.05) is 0 Å². The summed E-state index contributed by atoms with van der Waals surface area (Å²) < 4.78 is 7.54. The van der Waals surface area contributed by atoms with E-state index < -0.39 is 0 Å². The van der Waals surface area contributed by atoms with E-state index in [2.05, 4.69) is 55.7 Å². The number of rotatable bonds is 7. The van der Waals surface area contributed by atoms with Crippen molar-refractivity contribution >= 4 is 23.2 Å². The first-order valence-corrected chi connectivity index (χ1v) is 13.0. The number of anilines is 2. The standard InChI is InChI=1S/C25H35N9O2/c1-25(5-6-25)28-24(35)36-19-4-3-17(13-19)20-15-22(30-29-20)27-23-21-14-18(31-34(21)8-7-26-23)16-33-11-9-32(2)10-12-33/h7-8,14-15,17,19H,3-6,9-13,16H2,1-2H3,(H,28,35)(H2,26,27,29,30)/t17-,19+/m0/s1. The van der Waals surface area contributed by atoms with Crippen LogP contribution < -0.4 is 10.6 Å². The monoisotopic (exact) mass is 493 g/mol. The van der Waals surface area contributed by atoms with Gasteiger partial charge in [-0.25, -0.2) is 14.3 Å². The molecule has 0 aromatic carbocycles. The first-order valence-electron chi connectivity index (χ1n) is 13.0. The van der Waals surface area contributed by atoms with Gasteiger partial charge in [0.25, 0.3) is 0 Å². The fraction of sp³-hybridized carbons (Fsp3) is 0.600. The number of fused-ring (bicyclic) bond motifs is 1. The number of ether oxygens (including phenoxy) is 1. The maximum Gasteiger partial charge on any atom is 0.407 e. The van der Waals surface area contributed by atoms with Gasteiger partial charge in [-0.2, -0.15) is 10.2 Å². The van der Waals surface area contributed by atoms with Crippen LogP contribution in [0.2, 0.25) is 0 Å². The number of likely N-dealkylation sites (N-methyl/N-ethyl adjacent to an activating group) is 1. The predicted octanol–water partition coefficient (Wildman–Crippen LogP) is 2.86. The molecule has 2 saturated carbocycles. The van der Waals surface area contributed by atoms with Gasteiger partial charge in [0.2, 0.25) is 0 Å². The normalized spacial score (nSPS) is 24.2. The van der Waals surface area contributed by atoms with Gasteiger partial charge in [0.15, 0.2) is 11.6 Å². The number of nitrogens with one attached hydrogen (secondary N) is 3. The molecule has 192 valence electrons. The van der Waals surface area contributed by atoms with Crippen molar-refractivity contribution in [1.29, 1.82) is 0 Å². The summed E-state index contributed by atoms with van der Waals surface area (Å²) in [4.78, 5) is 21.5. The molecule has 6 rings (SSSR count). The minimum absolute atomic E-state index is 0.0574. The number of H-pyrrole nitrogens is 1. The Morgan fingerprint density at radius 3 is 2.86 bits per heavy atom. The average molecular weight is 494 g/mol. The zero-order valence-corrected chi connectivity index (χ0v) is 21.0. The molecule has 1 amide bonds. The zero-order valence-electron chi connectivity index (χ0n) is 21.0. The largest absolute Gasteiger partial charge is 0.446 e. The fourth-order valence-electron chi connectivity index (χ4n) is 5.18. The molecule has 11 nitrogen and oxygen atoms in total. The Bertz CT molecular complexity index is 1230. The van der Waals surface area contributed by atoms with Crippen molar-refractivity contribution in [3.05, 3.63) is 35.9 Å². The summed E-state index contributed by atoms with van der Waals surface area (Å²) in [5.74, 6) is 1.73. The molecule has 3 aromatic rings. The number of aromatic nitrogens is 5. The van der Waals surface area contributed by atoms with Crippen molar-refractivity contribution in [1.82, 2.24) is 39.9 Å². The van der Waals surface area contributed by atoms with E-state index in [4.69, 9.17) is 9.84 Å². The molecule has 4 heterocycles. The van der Waals surface area contributed by atoms with Crippen molar-refractivity contribution in [3.8, 4) is 0 Å². The average Bonchev–Trinajstić information content (AvgIpc) is 3.24. The van der Waals surface area contributed by atoms with Gasteiger partial charge < -0.3 is 20.3 Å². The molecule has 1 aliphatic heterocycles. The Labute approximate surface area is 210 Å². The summed E-state index contributed by atoms with van der Waals surface area (Å²) in [7, 11) is 2.17. The number of hydrogen-bond donors (Lipinski definition) is 3. The van der Waals surface area contributed by atoms with Gasteiger partial charge in [-0.3, -0.25) is 10.00 Å². The second-order valence-electron chi connectivity index (χ2n) is 10.9. The van der Waals surface area contributed by atoms with Crippen LogP contribution in [0.3, 0.4) is 0 Å². The van der Waals surface area contributed by atoms with E-state index in [-0.39, 0.29) is 23.7 Å². The Morgan fingerprint density at radius 2 is 2.06 bits per heavy atom. The molecule has 1 saturated heterocycles. The highest BCUT2D eigenvalue weighted by Gasteiger charge is 2.40. The molecule has 0 spiro atoms. The fourth-order valence-corrected chi connectivity index (χ4v) is 5.18. The van der Waals surface area contributed by atoms with Gasteiger partial charge in [-0.05, 0) is 52.1 Å². The molecule has 0 radical (unpaired) electrons. The van der Waals surface area contributed by atoms with Crippen LogP contribution in [0, 0.1) is 0 Å². The van der Waals surface area contributed by atoms with E-state index in [1.165, 1.54) is 0 Å². The maximum atomic E-state index is 12.2. The van der Waals surface area contributed by atoms with Gasteiger partial charge in [0.05, 0.1) is 5.69 Å². The number of nitrogens with zero attached hydrogens (tertiary/aromatic N) is 6. The van der Waals surface area contributed by atoms with Crippen LogP contribution in [0.5, 0.6) is 0 Å². The first-order chi connectivity index (χ1) is 17.4. The molecular weight excluding hydrogens is 458 g/mol. The van der Waals surface area contributed by atoms with E-state index in [1.807, 2.05) is 16.8 Å². The van der Waals surface area contributed by atoms with Crippen LogP contribution in [0.4, 0.5) is 16.4 Å². The third-order valence-corrected chi connectivity index (χ3v) is 7.77. The smallest absolute Gasteiger partial charge is 0.407 e. The van der Waals surface area contributed by atoms with Gasteiger partial charge in [0, 0.05) is 68.3 Å². The first kappa shape index (κ1) is 23.2. The lowest BCUT2D eigenvalue weighted by atomic mass is 10.0. The minimum Gasteiger partial charge on any atom is -0.446 e. The SMILES string of the molecule is CN1CCN(Cc2cc3c(Nc4cc([C@H]5CC[C@@H](OC(=O)NC6(C)CC6)C5)[nH]n4)nccn3n2)CC1. The highest BCUT2D eigenvalue weighted by molar-refractivity contribution is 5.72. The van der Waals surface area contributed by atoms with E-state index in [9.17, 15) is 4.79 Å². The van der Waals surface area contributed by atoms with E-state index in [0.29, 0.717) is 0 Å². The molecule has 2 aliphatic carbocycles. The van der Waals surface area contributed by atoms with Crippen LogP contribution in [0.25, 0.3) is 5.52 Å². The Morgan fingerprint density at radius 1 is 1.22 bits per heavy atom. The Balaban J connectivity index is 1.07. The molecule has 3 aliphatic rings. The van der Waals surface area contributed by atoms with Gasteiger partial charge in [-0.15, -0.1) is 0 Å². The highest BCUT2D eigenvalue weighted by atomic mass is 16.6. The quantitative estimate of drug-likeness (QED) is 0.460. The van der Waals surface area contributed by atoms with Crippen molar-refractivity contribution < 1.29 is 9.53 Å². The third kappa shape index (κ3) is 5.17.